The molecular weight excluding hydrogens is 338 g/mol. The molecule has 0 saturated carbocycles. The number of rotatable bonds is 7. The van der Waals surface area contributed by atoms with Gasteiger partial charge in [-0.1, -0.05) is 41.9 Å². The molecule has 0 aliphatic carbocycles. The Labute approximate surface area is 132 Å². The van der Waals surface area contributed by atoms with Crippen molar-refractivity contribution in [1.29, 1.82) is 0 Å². The van der Waals surface area contributed by atoms with Gasteiger partial charge in [-0.2, -0.15) is 0 Å². The zero-order valence-corrected chi connectivity index (χ0v) is 13.6. The number of hydrogen-bond donors (Lipinski definition) is 3. The van der Waals surface area contributed by atoms with Gasteiger partial charge in [-0.15, -0.1) is 0 Å². The fourth-order valence-corrected chi connectivity index (χ4v) is 2.14. The van der Waals surface area contributed by atoms with Crippen LogP contribution in [0.4, 0.5) is 0 Å². The molecule has 0 saturated heterocycles. The Bertz CT molecular complexity index is 487. The molecule has 0 spiro atoms. The Morgan fingerprint density at radius 2 is 1.81 bits per heavy atom. The first-order valence-corrected chi connectivity index (χ1v) is 7.54. The molecule has 0 aromatic heterocycles. The second-order valence-corrected chi connectivity index (χ2v) is 6.29. The Hall–Kier alpha value is -1.40. The van der Waals surface area contributed by atoms with Crippen LogP contribution in [0.15, 0.2) is 28.7 Å². The van der Waals surface area contributed by atoms with Crippen LogP contribution >= 0.6 is 15.9 Å². The molecule has 1 amide bonds. The van der Waals surface area contributed by atoms with E-state index in [1.807, 2.05) is 26.0 Å². The summed E-state index contributed by atoms with van der Waals surface area (Å²) in [5.74, 6) is -1.61. The van der Waals surface area contributed by atoms with Crippen LogP contribution in [-0.2, 0) is 16.0 Å². The molecule has 0 unspecified atom stereocenters. The van der Waals surface area contributed by atoms with Gasteiger partial charge in [0.15, 0.2) is 0 Å². The quantitative estimate of drug-likeness (QED) is 0.696. The molecule has 21 heavy (non-hydrogen) atoms. The first kappa shape index (κ1) is 17.7. The van der Waals surface area contributed by atoms with Crippen LogP contribution in [0.1, 0.15) is 25.8 Å². The van der Waals surface area contributed by atoms with E-state index in [-0.39, 0.29) is 12.3 Å². The number of aliphatic hydroxyl groups is 1. The number of carboxylic acids is 1. The monoisotopic (exact) mass is 357 g/mol. The molecule has 1 aromatic rings. The highest BCUT2D eigenvalue weighted by Gasteiger charge is 2.24. The van der Waals surface area contributed by atoms with Gasteiger partial charge >= 0.3 is 5.97 Å². The van der Waals surface area contributed by atoms with E-state index in [9.17, 15) is 19.8 Å². The lowest BCUT2D eigenvalue weighted by Crippen LogP contribution is -2.46. The normalized spacial score (nSPS) is 13.8. The molecular formula is C15H20BrNO4. The van der Waals surface area contributed by atoms with Crippen molar-refractivity contribution < 1.29 is 19.8 Å². The van der Waals surface area contributed by atoms with Crippen molar-refractivity contribution in [1.82, 2.24) is 5.32 Å². The van der Waals surface area contributed by atoms with Gasteiger partial charge in [0.25, 0.3) is 0 Å². The average Bonchev–Trinajstić information content (AvgIpc) is 2.39. The maximum absolute atomic E-state index is 11.8. The molecule has 1 aromatic carbocycles. The van der Waals surface area contributed by atoms with E-state index in [1.165, 1.54) is 0 Å². The lowest BCUT2D eigenvalue weighted by atomic mass is 10.0. The first-order valence-electron chi connectivity index (χ1n) is 6.75. The molecule has 3 N–H and O–H groups in total. The predicted molar refractivity (Wildman–Crippen MR) is 82.9 cm³/mol. The summed E-state index contributed by atoms with van der Waals surface area (Å²) in [7, 11) is 0. The van der Waals surface area contributed by atoms with Crippen molar-refractivity contribution in [3.05, 3.63) is 34.3 Å². The second kappa shape index (κ2) is 8.14. The number of halogens is 1. The number of amides is 1. The fourth-order valence-electron chi connectivity index (χ4n) is 1.88. The van der Waals surface area contributed by atoms with Crippen molar-refractivity contribution >= 4 is 27.8 Å². The minimum absolute atomic E-state index is 0.153. The van der Waals surface area contributed by atoms with Gasteiger partial charge in [0, 0.05) is 10.9 Å². The molecule has 2 atom stereocenters. The number of aliphatic hydroxyl groups excluding tert-OH is 1. The van der Waals surface area contributed by atoms with Gasteiger partial charge in [-0.3, -0.25) is 4.79 Å². The Balaban J connectivity index is 2.67. The highest BCUT2D eigenvalue weighted by Crippen LogP contribution is 2.12. The Morgan fingerprint density at radius 3 is 2.29 bits per heavy atom. The number of aliphatic carboxylic acids is 1. The van der Waals surface area contributed by atoms with Crippen LogP contribution in [0.5, 0.6) is 0 Å². The van der Waals surface area contributed by atoms with E-state index in [1.54, 1.807) is 12.1 Å². The van der Waals surface area contributed by atoms with E-state index in [0.717, 1.165) is 10.0 Å². The first-order chi connectivity index (χ1) is 9.79. The number of carbonyl (C=O) groups is 2. The molecule has 0 aliphatic rings. The predicted octanol–water partition coefficient (Wildman–Crippen LogP) is 1.97. The van der Waals surface area contributed by atoms with Crippen LogP contribution in [0.25, 0.3) is 0 Å². The number of hydrogen-bond acceptors (Lipinski definition) is 3. The van der Waals surface area contributed by atoms with Crippen molar-refractivity contribution in [3.63, 3.8) is 0 Å². The summed E-state index contributed by atoms with van der Waals surface area (Å²) in [5.41, 5.74) is 0.796. The molecule has 0 bridgehead atoms. The molecule has 0 heterocycles. The summed E-state index contributed by atoms with van der Waals surface area (Å²) in [4.78, 5) is 23.1. The molecule has 0 radical (unpaired) electrons. The minimum atomic E-state index is -1.18. The van der Waals surface area contributed by atoms with Gasteiger partial charge < -0.3 is 15.5 Å². The Kier molecular flexibility index (Phi) is 6.84. The highest BCUT2D eigenvalue weighted by atomic mass is 79.9. The van der Waals surface area contributed by atoms with E-state index in [4.69, 9.17) is 0 Å². The lowest BCUT2D eigenvalue weighted by molar-refractivity contribution is -0.143. The SMILES string of the molecule is CC(C)C[C@@H](O)C(=O)N[C@H](Cc1ccc(Br)cc1)C(=O)O. The fraction of sp³-hybridized carbons (Fsp3) is 0.467. The Morgan fingerprint density at radius 1 is 1.24 bits per heavy atom. The summed E-state index contributed by atoms with van der Waals surface area (Å²) in [6, 6.07) is 6.14. The number of nitrogens with one attached hydrogen (secondary N) is 1. The summed E-state index contributed by atoms with van der Waals surface area (Å²) in [6.07, 6.45) is -0.712. The number of benzene rings is 1. The lowest BCUT2D eigenvalue weighted by Gasteiger charge is -2.18. The van der Waals surface area contributed by atoms with E-state index in [2.05, 4.69) is 21.2 Å². The van der Waals surface area contributed by atoms with Gasteiger partial charge in [0.1, 0.15) is 12.1 Å². The van der Waals surface area contributed by atoms with Gasteiger partial charge in [0.05, 0.1) is 0 Å². The molecule has 0 aliphatic heterocycles. The minimum Gasteiger partial charge on any atom is -0.480 e. The summed E-state index contributed by atoms with van der Waals surface area (Å²) in [6.45, 7) is 3.76. The summed E-state index contributed by atoms with van der Waals surface area (Å²) < 4.78 is 0.898. The van der Waals surface area contributed by atoms with Crippen molar-refractivity contribution in [3.8, 4) is 0 Å². The molecule has 1 rings (SSSR count). The zero-order chi connectivity index (χ0) is 16.0. The molecule has 116 valence electrons. The van der Waals surface area contributed by atoms with E-state index >= 15 is 0 Å². The molecule has 6 heteroatoms. The van der Waals surface area contributed by atoms with Crippen LogP contribution in [0.2, 0.25) is 0 Å². The van der Waals surface area contributed by atoms with Crippen molar-refractivity contribution in [2.75, 3.05) is 0 Å². The van der Waals surface area contributed by atoms with E-state index in [0.29, 0.717) is 6.42 Å². The van der Waals surface area contributed by atoms with Crippen LogP contribution in [0.3, 0.4) is 0 Å². The summed E-state index contributed by atoms with van der Waals surface area (Å²) >= 11 is 3.30. The largest absolute Gasteiger partial charge is 0.480 e. The van der Waals surface area contributed by atoms with E-state index < -0.39 is 24.0 Å². The smallest absolute Gasteiger partial charge is 0.326 e. The summed E-state index contributed by atoms with van der Waals surface area (Å²) in [5, 5.41) is 21.3. The molecule has 5 nitrogen and oxygen atoms in total. The van der Waals surface area contributed by atoms with Crippen molar-refractivity contribution in [2.45, 2.75) is 38.8 Å². The van der Waals surface area contributed by atoms with Crippen LogP contribution in [0, 0.1) is 5.92 Å². The zero-order valence-electron chi connectivity index (χ0n) is 12.0. The molecule has 0 fully saturated rings. The second-order valence-electron chi connectivity index (χ2n) is 5.38. The van der Waals surface area contributed by atoms with Crippen LogP contribution in [-0.4, -0.2) is 34.2 Å². The van der Waals surface area contributed by atoms with Gasteiger partial charge in [-0.25, -0.2) is 4.79 Å². The van der Waals surface area contributed by atoms with Crippen LogP contribution < -0.4 is 5.32 Å². The number of carbonyl (C=O) groups excluding carboxylic acids is 1. The highest BCUT2D eigenvalue weighted by molar-refractivity contribution is 9.10. The third-order valence-corrected chi connectivity index (χ3v) is 3.49. The van der Waals surface area contributed by atoms with Gasteiger partial charge in [-0.05, 0) is 30.0 Å². The maximum Gasteiger partial charge on any atom is 0.326 e. The standard InChI is InChI=1S/C15H20BrNO4/c1-9(2)7-13(18)14(19)17-12(15(20)21)8-10-3-5-11(16)6-4-10/h3-6,9,12-13,18H,7-8H2,1-2H3,(H,17,19)(H,20,21)/t12-,13-/m1/s1. The maximum atomic E-state index is 11.8. The number of carboxylic acid groups (broad SMARTS) is 1. The van der Waals surface area contributed by atoms with Gasteiger partial charge in [0.2, 0.25) is 5.91 Å². The average molecular weight is 358 g/mol. The van der Waals surface area contributed by atoms with Crippen molar-refractivity contribution in [2.24, 2.45) is 5.92 Å². The third kappa shape index (κ3) is 6.27. The topological polar surface area (TPSA) is 86.6 Å². The third-order valence-electron chi connectivity index (χ3n) is 2.96.